The van der Waals surface area contributed by atoms with Crippen molar-refractivity contribution in [2.45, 2.75) is 52.4 Å². The van der Waals surface area contributed by atoms with Gasteiger partial charge in [0.2, 0.25) is 0 Å². The fraction of sp³-hybridized carbons (Fsp3) is 0.364. The van der Waals surface area contributed by atoms with E-state index < -0.39 is 0 Å². The van der Waals surface area contributed by atoms with Crippen molar-refractivity contribution >= 4 is 26.8 Å². The zero-order valence-electron chi connectivity index (χ0n) is 15.4. The Morgan fingerprint density at radius 1 is 0.750 bits per heavy atom. The fourth-order valence-corrected chi connectivity index (χ4v) is 3.51. The number of nitrogens with zero attached hydrogens (tertiary/aromatic N) is 1. The minimum Gasteiger partial charge on any atom is -0.315 e. The third-order valence-corrected chi connectivity index (χ3v) is 5.27. The topological polar surface area (TPSA) is 4.93 Å². The highest BCUT2D eigenvalue weighted by atomic mass is 79.9. The minimum atomic E-state index is 0.157. The molecule has 3 rings (SSSR count). The zero-order chi connectivity index (χ0) is 17.7. The van der Waals surface area contributed by atoms with Crippen LogP contribution in [0.3, 0.4) is 0 Å². The maximum absolute atomic E-state index is 3.74. The molecule has 1 aromatic heterocycles. The van der Waals surface area contributed by atoms with Crippen LogP contribution in [-0.2, 0) is 10.8 Å². The fourth-order valence-electron chi connectivity index (χ4n) is 2.99. The predicted octanol–water partition coefficient (Wildman–Crippen LogP) is 6.99. The predicted molar refractivity (Wildman–Crippen MR) is 108 cm³/mol. The maximum Gasteiger partial charge on any atom is 0.0540 e. The number of halogens is 1. The van der Waals surface area contributed by atoms with Gasteiger partial charge in [0.15, 0.2) is 0 Å². The molecule has 0 aliphatic carbocycles. The second-order valence-corrected chi connectivity index (χ2v) is 9.48. The van der Waals surface area contributed by atoms with Crippen molar-refractivity contribution in [1.82, 2.24) is 4.57 Å². The Hall–Kier alpha value is -1.54. The van der Waals surface area contributed by atoms with Crippen molar-refractivity contribution in [3.8, 4) is 5.69 Å². The van der Waals surface area contributed by atoms with Gasteiger partial charge in [-0.25, -0.2) is 0 Å². The first-order valence-electron chi connectivity index (χ1n) is 8.49. The number of hydrogen-bond donors (Lipinski definition) is 0. The smallest absolute Gasteiger partial charge is 0.0540 e. The molecule has 1 heterocycles. The van der Waals surface area contributed by atoms with E-state index in [1.165, 1.54) is 27.7 Å². The van der Waals surface area contributed by atoms with E-state index in [-0.39, 0.29) is 10.8 Å². The molecule has 0 aliphatic heterocycles. The van der Waals surface area contributed by atoms with Gasteiger partial charge in [0, 0.05) is 21.7 Å². The van der Waals surface area contributed by atoms with E-state index in [4.69, 9.17) is 0 Å². The first-order chi connectivity index (χ1) is 11.1. The lowest BCUT2D eigenvalue weighted by Crippen LogP contribution is -2.11. The molecule has 0 unspecified atom stereocenters. The molecule has 2 heteroatoms. The van der Waals surface area contributed by atoms with E-state index in [1.807, 2.05) is 0 Å². The molecule has 0 N–H and O–H groups in total. The van der Waals surface area contributed by atoms with Gasteiger partial charge >= 0.3 is 0 Å². The Kier molecular flexibility index (Phi) is 4.16. The van der Waals surface area contributed by atoms with Crippen LogP contribution in [-0.4, -0.2) is 4.57 Å². The van der Waals surface area contributed by atoms with Crippen molar-refractivity contribution in [1.29, 1.82) is 0 Å². The van der Waals surface area contributed by atoms with Gasteiger partial charge in [-0.15, -0.1) is 0 Å². The molecule has 0 fully saturated rings. The van der Waals surface area contributed by atoms with Gasteiger partial charge in [-0.05, 0) is 62.2 Å². The summed E-state index contributed by atoms with van der Waals surface area (Å²) in [5.41, 5.74) is 5.48. The highest BCUT2D eigenvalue weighted by Crippen LogP contribution is 2.33. The first kappa shape index (κ1) is 17.3. The van der Waals surface area contributed by atoms with Crippen LogP contribution in [0.4, 0.5) is 0 Å². The minimum absolute atomic E-state index is 0.157. The van der Waals surface area contributed by atoms with E-state index in [0.717, 1.165) is 4.47 Å². The highest BCUT2D eigenvalue weighted by Gasteiger charge is 2.17. The number of hydrogen-bond acceptors (Lipinski definition) is 0. The Morgan fingerprint density at radius 3 is 1.83 bits per heavy atom. The van der Waals surface area contributed by atoms with E-state index in [9.17, 15) is 0 Å². The van der Waals surface area contributed by atoms with Gasteiger partial charge in [-0.3, -0.25) is 0 Å². The molecular weight excluding hydrogens is 358 g/mol. The molecule has 24 heavy (non-hydrogen) atoms. The summed E-state index contributed by atoms with van der Waals surface area (Å²) in [5, 5.41) is 1.27. The summed E-state index contributed by atoms with van der Waals surface area (Å²) in [6.45, 7) is 13.5. The van der Waals surface area contributed by atoms with E-state index in [1.54, 1.807) is 0 Å². The molecular formula is C22H26BrN. The van der Waals surface area contributed by atoms with Crippen LogP contribution in [0.15, 0.2) is 53.1 Å². The molecule has 0 amide bonds. The monoisotopic (exact) mass is 383 g/mol. The lowest BCUT2D eigenvalue weighted by atomic mass is 9.86. The average Bonchev–Trinajstić information content (AvgIpc) is 2.82. The quantitative estimate of drug-likeness (QED) is 0.426. The van der Waals surface area contributed by atoms with Gasteiger partial charge in [0.1, 0.15) is 0 Å². The van der Waals surface area contributed by atoms with Gasteiger partial charge in [0.05, 0.1) is 5.52 Å². The summed E-state index contributed by atoms with van der Waals surface area (Å²) in [7, 11) is 0. The molecule has 0 spiro atoms. The third-order valence-electron chi connectivity index (χ3n) is 4.63. The molecule has 1 nitrogen and oxygen atoms in total. The highest BCUT2D eigenvalue weighted by molar-refractivity contribution is 9.10. The van der Waals surface area contributed by atoms with Gasteiger partial charge < -0.3 is 4.57 Å². The molecule has 126 valence electrons. The molecule has 0 bridgehead atoms. The Balaban J connectivity index is 2.11. The summed E-state index contributed by atoms with van der Waals surface area (Å²) in [6.07, 6.45) is 2.17. The molecule has 0 atom stereocenters. The number of benzene rings is 2. The summed E-state index contributed by atoms with van der Waals surface area (Å²) >= 11 is 3.74. The summed E-state index contributed by atoms with van der Waals surface area (Å²) < 4.78 is 3.40. The van der Waals surface area contributed by atoms with Gasteiger partial charge in [0.25, 0.3) is 0 Å². The van der Waals surface area contributed by atoms with Crippen LogP contribution < -0.4 is 0 Å². The Morgan fingerprint density at radius 2 is 1.29 bits per heavy atom. The standard InChI is InChI=1S/C22H26BrN/c1-21(2,3)15-7-10-17(11-8-15)24-14-19(23)18-13-16(22(4,5)6)9-12-20(18)24/h7-14H,1-6H3. The van der Waals surface area contributed by atoms with Crippen molar-refractivity contribution in [3.63, 3.8) is 0 Å². The summed E-state index contributed by atoms with van der Waals surface area (Å²) in [5.74, 6) is 0. The van der Waals surface area contributed by atoms with Crippen molar-refractivity contribution in [3.05, 3.63) is 64.3 Å². The molecule has 0 saturated heterocycles. The van der Waals surface area contributed by atoms with Crippen LogP contribution in [0.2, 0.25) is 0 Å². The van der Waals surface area contributed by atoms with Crippen LogP contribution >= 0.6 is 15.9 Å². The van der Waals surface area contributed by atoms with Crippen molar-refractivity contribution in [2.24, 2.45) is 0 Å². The largest absolute Gasteiger partial charge is 0.315 e. The molecule has 2 aromatic carbocycles. The van der Waals surface area contributed by atoms with Crippen molar-refractivity contribution < 1.29 is 0 Å². The number of aromatic nitrogens is 1. The van der Waals surface area contributed by atoms with Crippen LogP contribution in [0.5, 0.6) is 0 Å². The molecule has 0 saturated carbocycles. The zero-order valence-corrected chi connectivity index (χ0v) is 17.0. The van der Waals surface area contributed by atoms with Crippen LogP contribution in [0, 0.1) is 0 Å². The Bertz CT molecular complexity index is 871. The molecule has 3 aromatic rings. The second-order valence-electron chi connectivity index (χ2n) is 8.63. The SMILES string of the molecule is CC(C)(C)c1ccc(-n2cc(Br)c3cc(C(C)(C)C)ccc32)cc1. The maximum atomic E-state index is 3.74. The van der Waals surface area contributed by atoms with Crippen LogP contribution in [0.1, 0.15) is 52.7 Å². The number of fused-ring (bicyclic) bond motifs is 1. The normalized spacial score (nSPS) is 12.8. The molecule has 0 aliphatic rings. The van der Waals surface area contributed by atoms with E-state index in [2.05, 4.69) is 111 Å². The summed E-state index contributed by atoms with van der Waals surface area (Å²) in [4.78, 5) is 0. The first-order valence-corrected chi connectivity index (χ1v) is 9.29. The lowest BCUT2D eigenvalue weighted by Gasteiger charge is -2.20. The van der Waals surface area contributed by atoms with Gasteiger partial charge in [-0.1, -0.05) is 59.7 Å². The van der Waals surface area contributed by atoms with Crippen molar-refractivity contribution in [2.75, 3.05) is 0 Å². The summed E-state index contributed by atoms with van der Waals surface area (Å²) in [6, 6.07) is 15.7. The average molecular weight is 384 g/mol. The van der Waals surface area contributed by atoms with E-state index in [0.29, 0.717) is 0 Å². The Labute approximate surface area is 153 Å². The third kappa shape index (κ3) is 3.17. The van der Waals surface area contributed by atoms with Crippen LogP contribution in [0.25, 0.3) is 16.6 Å². The molecule has 0 radical (unpaired) electrons. The number of rotatable bonds is 1. The lowest BCUT2D eigenvalue weighted by molar-refractivity contribution is 0.590. The second kappa shape index (κ2) is 5.77. The van der Waals surface area contributed by atoms with Gasteiger partial charge in [-0.2, -0.15) is 0 Å². The van der Waals surface area contributed by atoms with E-state index >= 15 is 0 Å².